The summed E-state index contributed by atoms with van der Waals surface area (Å²) in [6.45, 7) is 10.2. The Morgan fingerprint density at radius 3 is 2.47 bits per heavy atom. The Balaban J connectivity index is 2.69. The normalized spacial score (nSPS) is 11.3. The predicted octanol–water partition coefficient (Wildman–Crippen LogP) is 4.07. The molecular weight excluding hydrogens is 242 g/mol. The van der Waals surface area contributed by atoms with E-state index in [1.54, 1.807) is 6.07 Å². The van der Waals surface area contributed by atoms with Crippen molar-refractivity contribution in [2.45, 2.75) is 40.2 Å². The molecule has 0 saturated heterocycles. The fourth-order valence-corrected chi connectivity index (χ4v) is 1.37. The van der Waals surface area contributed by atoms with Crippen LogP contribution in [0, 0.1) is 5.92 Å². The van der Waals surface area contributed by atoms with Crippen LogP contribution in [0.1, 0.15) is 34.6 Å². The number of hydrogen-bond acceptors (Lipinski definition) is 3. The number of nitrogens with one attached hydrogen (secondary N) is 1. The molecule has 1 rings (SSSR count). The maximum atomic E-state index is 11.7. The molecule has 0 bridgehead atoms. The highest BCUT2D eigenvalue weighted by atomic mass is 16.6. The molecule has 1 aromatic rings. The molecule has 0 aliphatic rings. The van der Waals surface area contributed by atoms with Gasteiger partial charge in [-0.2, -0.15) is 0 Å². The summed E-state index contributed by atoms with van der Waals surface area (Å²) < 4.78 is 10.9. The highest BCUT2D eigenvalue weighted by molar-refractivity contribution is 5.86. The molecule has 0 aliphatic carbocycles. The summed E-state index contributed by atoms with van der Waals surface area (Å²) >= 11 is 0. The van der Waals surface area contributed by atoms with Gasteiger partial charge in [-0.1, -0.05) is 26.0 Å². The van der Waals surface area contributed by atoms with E-state index in [1.807, 2.05) is 39.0 Å². The molecule has 4 heteroatoms. The molecule has 0 heterocycles. The van der Waals surface area contributed by atoms with Crippen LogP contribution in [0.2, 0.25) is 0 Å². The third-order valence-corrected chi connectivity index (χ3v) is 2.09. The van der Waals surface area contributed by atoms with Crippen molar-refractivity contribution in [2.24, 2.45) is 5.92 Å². The first kappa shape index (κ1) is 15.3. The zero-order chi connectivity index (χ0) is 14.5. The van der Waals surface area contributed by atoms with Crippen molar-refractivity contribution in [1.29, 1.82) is 0 Å². The number of hydrogen-bond donors (Lipinski definition) is 1. The number of para-hydroxylation sites is 2. The molecule has 0 fully saturated rings. The van der Waals surface area contributed by atoms with Crippen molar-refractivity contribution in [2.75, 3.05) is 11.9 Å². The predicted molar refractivity (Wildman–Crippen MR) is 76.6 cm³/mol. The first-order valence-electron chi connectivity index (χ1n) is 6.50. The van der Waals surface area contributed by atoms with Crippen LogP contribution in [0.5, 0.6) is 5.75 Å². The van der Waals surface area contributed by atoms with Gasteiger partial charge in [0.2, 0.25) is 0 Å². The number of amides is 1. The molecule has 4 nitrogen and oxygen atoms in total. The maximum Gasteiger partial charge on any atom is 0.412 e. The number of ether oxygens (including phenoxy) is 2. The van der Waals surface area contributed by atoms with Crippen molar-refractivity contribution in [3.05, 3.63) is 24.3 Å². The third kappa shape index (κ3) is 6.13. The van der Waals surface area contributed by atoms with Gasteiger partial charge < -0.3 is 9.47 Å². The van der Waals surface area contributed by atoms with Gasteiger partial charge in [-0.25, -0.2) is 4.79 Å². The van der Waals surface area contributed by atoms with Crippen LogP contribution >= 0.6 is 0 Å². The third-order valence-electron chi connectivity index (χ3n) is 2.09. The largest absolute Gasteiger partial charge is 0.491 e. The van der Waals surface area contributed by atoms with Gasteiger partial charge in [0.05, 0.1) is 12.3 Å². The van der Waals surface area contributed by atoms with E-state index in [2.05, 4.69) is 19.2 Å². The van der Waals surface area contributed by atoms with Gasteiger partial charge in [0, 0.05) is 0 Å². The van der Waals surface area contributed by atoms with Crippen LogP contribution in [0.4, 0.5) is 10.5 Å². The minimum Gasteiger partial charge on any atom is -0.491 e. The molecule has 0 saturated carbocycles. The minimum atomic E-state index is -0.516. The van der Waals surface area contributed by atoms with Gasteiger partial charge in [0.1, 0.15) is 11.4 Å². The van der Waals surface area contributed by atoms with Crippen LogP contribution in [-0.2, 0) is 4.74 Å². The van der Waals surface area contributed by atoms with Gasteiger partial charge in [0.25, 0.3) is 0 Å². The number of rotatable bonds is 4. The summed E-state index contributed by atoms with van der Waals surface area (Å²) in [4.78, 5) is 11.7. The Hall–Kier alpha value is -1.71. The molecule has 0 radical (unpaired) electrons. The van der Waals surface area contributed by atoms with Crippen LogP contribution in [0.25, 0.3) is 0 Å². The number of carbonyl (C=O) groups is 1. The molecule has 0 unspecified atom stereocenters. The van der Waals surface area contributed by atoms with Crippen molar-refractivity contribution >= 4 is 11.8 Å². The van der Waals surface area contributed by atoms with E-state index in [9.17, 15) is 4.79 Å². The molecule has 1 aromatic carbocycles. The summed E-state index contributed by atoms with van der Waals surface area (Å²) in [5.74, 6) is 1.08. The van der Waals surface area contributed by atoms with Crippen molar-refractivity contribution in [3.63, 3.8) is 0 Å². The van der Waals surface area contributed by atoms with Crippen molar-refractivity contribution < 1.29 is 14.3 Å². The molecule has 1 N–H and O–H groups in total. The second-order valence-corrected chi connectivity index (χ2v) is 5.83. The van der Waals surface area contributed by atoms with E-state index in [-0.39, 0.29) is 0 Å². The lowest BCUT2D eigenvalue weighted by molar-refractivity contribution is 0.0635. The number of benzene rings is 1. The van der Waals surface area contributed by atoms with E-state index < -0.39 is 11.7 Å². The standard InChI is InChI=1S/C15H23NO3/c1-11(2)10-18-13-9-7-6-8-12(13)16-14(17)19-15(3,4)5/h6-9,11H,10H2,1-5H3,(H,16,17). The average Bonchev–Trinajstić information content (AvgIpc) is 2.25. The molecule has 19 heavy (non-hydrogen) atoms. The second kappa shape index (κ2) is 6.45. The van der Waals surface area contributed by atoms with E-state index in [1.165, 1.54) is 0 Å². The van der Waals surface area contributed by atoms with Crippen LogP contribution < -0.4 is 10.1 Å². The zero-order valence-electron chi connectivity index (χ0n) is 12.3. The molecule has 0 aliphatic heterocycles. The van der Waals surface area contributed by atoms with Gasteiger partial charge in [-0.05, 0) is 38.8 Å². The van der Waals surface area contributed by atoms with Crippen molar-refractivity contribution in [3.8, 4) is 5.75 Å². The average molecular weight is 265 g/mol. The fraction of sp³-hybridized carbons (Fsp3) is 0.533. The Bertz CT molecular complexity index is 422. The fourth-order valence-electron chi connectivity index (χ4n) is 1.37. The number of anilines is 1. The summed E-state index contributed by atoms with van der Waals surface area (Å²) in [6.07, 6.45) is -0.479. The quantitative estimate of drug-likeness (QED) is 0.892. The SMILES string of the molecule is CC(C)COc1ccccc1NC(=O)OC(C)(C)C. The van der Waals surface area contributed by atoms with Crippen LogP contribution in [0.3, 0.4) is 0 Å². The van der Waals surface area contributed by atoms with Gasteiger partial charge in [-0.15, -0.1) is 0 Å². The summed E-state index contributed by atoms with van der Waals surface area (Å²) in [5.41, 5.74) is 0.107. The maximum absolute atomic E-state index is 11.7. The smallest absolute Gasteiger partial charge is 0.412 e. The van der Waals surface area contributed by atoms with Gasteiger partial charge in [0.15, 0.2) is 0 Å². The topological polar surface area (TPSA) is 47.6 Å². The molecule has 0 atom stereocenters. The molecule has 0 spiro atoms. The summed E-state index contributed by atoms with van der Waals surface area (Å²) in [6, 6.07) is 7.33. The highest BCUT2D eigenvalue weighted by Gasteiger charge is 2.17. The van der Waals surface area contributed by atoms with E-state index in [0.29, 0.717) is 24.0 Å². The van der Waals surface area contributed by atoms with Crippen LogP contribution in [0.15, 0.2) is 24.3 Å². The first-order valence-corrected chi connectivity index (χ1v) is 6.50. The molecule has 0 aromatic heterocycles. The zero-order valence-corrected chi connectivity index (χ0v) is 12.3. The lowest BCUT2D eigenvalue weighted by Crippen LogP contribution is -2.27. The van der Waals surface area contributed by atoms with Gasteiger partial charge >= 0.3 is 6.09 Å². The van der Waals surface area contributed by atoms with E-state index in [4.69, 9.17) is 9.47 Å². The minimum absolute atomic E-state index is 0.426. The monoisotopic (exact) mass is 265 g/mol. The Morgan fingerprint density at radius 1 is 1.26 bits per heavy atom. The van der Waals surface area contributed by atoms with E-state index >= 15 is 0 Å². The van der Waals surface area contributed by atoms with E-state index in [0.717, 1.165) is 0 Å². The Kier molecular flexibility index (Phi) is 5.21. The lowest BCUT2D eigenvalue weighted by atomic mass is 10.2. The molecule has 1 amide bonds. The Labute approximate surface area is 115 Å². The van der Waals surface area contributed by atoms with Crippen molar-refractivity contribution in [1.82, 2.24) is 0 Å². The molecular formula is C15H23NO3. The summed E-state index contributed by atoms with van der Waals surface area (Å²) in [5, 5.41) is 2.70. The van der Waals surface area contributed by atoms with Gasteiger partial charge in [-0.3, -0.25) is 5.32 Å². The molecule has 106 valence electrons. The first-order chi connectivity index (χ1) is 8.78. The summed E-state index contributed by atoms with van der Waals surface area (Å²) in [7, 11) is 0. The number of carbonyl (C=O) groups excluding carboxylic acids is 1. The van der Waals surface area contributed by atoms with Crippen LogP contribution in [-0.4, -0.2) is 18.3 Å². The second-order valence-electron chi connectivity index (χ2n) is 5.83. The lowest BCUT2D eigenvalue weighted by Gasteiger charge is -2.20. The highest BCUT2D eigenvalue weighted by Crippen LogP contribution is 2.24. The Morgan fingerprint density at radius 2 is 1.89 bits per heavy atom.